The van der Waals surface area contributed by atoms with Crippen LogP contribution in [0.4, 0.5) is 5.69 Å². The summed E-state index contributed by atoms with van der Waals surface area (Å²) in [6, 6.07) is 16.6. The van der Waals surface area contributed by atoms with Crippen molar-refractivity contribution in [2.24, 2.45) is 0 Å². The van der Waals surface area contributed by atoms with Gasteiger partial charge in [0.1, 0.15) is 11.7 Å². The first-order valence-corrected chi connectivity index (χ1v) is 7.96. The van der Waals surface area contributed by atoms with Crippen molar-refractivity contribution < 1.29 is 9.53 Å². The van der Waals surface area contributed by atoms with Crippen LogP contribution in [0, 0.1) is 11.3 Å². The summed E-state index contributed by atoms with van der Waals surface area (Å²) < 4.78 is 5.82. The molecule has 3 rings (SSSR count). The molecule has 0 amide bonds. The third-order valence-corrected chi connectivity index (χ3v) is 4.31. The second-order valence-electron chi connectivity index (χ2n) is 6.13. The van der Waals surface area contributed by atoms with E-state index >= 15 is 0 Å². The number of carbonyl (C=O) groups is 1. The SMILES string of the molecule is CC1(C)Oc2ccc(C#N)cc2C(C(=S)Nc2ccccc2)C1=O. The highest BCUT2D eigenvalue weighted by Gasteiger charge is 2.44. The largest absolute Gasteiger partial charge is 0.480 e. The molecule has 2 aromatic rings. The van der Waals surface area contributed by atoms with Crippen LogP contribution in [0.2, 0.25) is 0 Å². The molecular formula is C19H16N2O2S. The molecule has 1 aliphatic rings. The number of nitrogens with one attached hydrogen (secondary N) is 1. The number of hydrogen-bond donors (Lipinski definition) is 1. The van der Waals surface area contributed by atoms with Gasteiger partial charge in [-0.1, -0.05) is 30.4 Å². The Labute approximate surface area is 146 Å². The zero-order valence-corrected chi connectivity index (χ0v) is 14.2. The Morgan fingerprint density at radius 1 is 1.25 bits per heavy atom. The summed E-state index contributed by atoms with van der Waals surface area (Å²) in [5.41, 5.74) is 0.940. The number of fused-ring (bicyclic) bond motifs is 1. The lowest BCUT2D eigenvalue weighted by atomic mass is 9.82. The number of rotatable bonds is 2. The number of anilines is 1. The summed E-state index contributed by atoms with van der Waals surface area (Å²) in [6.45, 7) is 3.46. The maximum atomic E-state index is 12.9. The van der Waals surface area contributed by atoms with Crippen molar-refractivity contribution in [3.63, 3.8) is 0 Å². The lowest BCUT2D eigenvalue weighted by Crippen LogP contribution is -2.48. The van der Waals surface area contributed by atoms with Crippen molar-refractivity contribution in [3.8, 4) is 11.8 Å². The predicted octanol–water partition coefficient (Wildman–Crippen LogP) is 3.82. The van der Waals surface area contributed by atoms with E-state index in [1.54, 1.807) is 32.0 Å². The molecule has 0 saturated heterocycles. The molecule has 1 unspecified atom stereocenters. The highest BCUT2D eigenvalue weighted by atomic mass is 32.1. The molecule has 0 spiro atoms. The molecular weight excluding hydrogens is 320 g/mol. The fourth-order valence-electron chi connectivity index (χ4n) is 2.75. The number of para-hydroxylation sites is 1. The van der Waals surface area contributed by atoms with E-state index in [9.17, 15) is 4.79 Å². The first kappa shape index (κ1) is 16.2. The third kappa shape index (κ3) is 2.89. The van der Waals surface area contributed by atoms with Crippen LogP contribution in [0.15, 0.2) is 48.5 Å². The van der Waals surface area contributed by atoms with Crippen LogP contribution >= 0.6 is 12.2 Å². The number of carbonyl (C=O) groups excluding carboxylic acids is 1. The lowest BCUT2D eigenvalue weighted by Gasteiger charge is -2.36. The molecule has 0 aliphatic carbocycles. The van der Waals surface area contributed by atoms with Crippen LogP contribution in [-0.2, 0) is 4.79 Å². The van der Waals surface area contributed by atoms with Crippen molar-refractivity contribution in [3.05, 3.63) is 59.7 Å². The molecule has 1 heterocycles. The van der Waals surface area contributed by atoms with Gasteiger partial charge in [0.05, 0.1) is 16.6 Å². The highest BCUT2D eigenvalue weighted by molar-refractivity contribution is 7.80. The maximum Gasteiger partial charge on any atom is 0.190 e. The summed E-state index contributed by atoms with van der Waals surface area (Å²) in [4.78, 5) is 13.3. The van der Waals surface area contributed by atoms with Gasteiger partial charge in [-0.15, -0.1) is 0 Å². The number of benzene rings is 2. The van der Waals surface area contributed by atoms with E-state index in [-0.39, 0.29) is 5.78 Å². The Balaban J connectivity index is 2.03. The molecule has 1 N–H and O–H groups in total. The van der Waals surface area contributed by atoms with E-state index in [1.165, 1.54) is 0 Å². The van der Waals surface area contributed by atoms with Gasteiger partial charge in [-0.3, -0.25) is 4.79 Å². The molecule has 0 saturated carbocycles. The zero-order valence-electron chi connectivity index (χ0n) is 13.4. The summed E-state index contributed by atoms with van der Waals surface area (Å²) in [5, 5.41) is 12.3. The van der Waals surface area contributed by atoms with Crippen LogP contribution in [0.5, 0.6) is 5.75 Å². The fourth-order valence-corrected chi connectivity index (χ4v) is 3.10. The van der Waals surface area contributed by atoms with Crippen LogP contribution in [0.1, 0.15) is 30.9 Å². The van der Waals surface area contributed by atoms with Crippen molar-refractivity contribution in [2.75, 3.05) is 5.32 Å². The van der Waals surface area contributed by atoms with Gasteiger partial charge in [-0.05, 0) is 44.2 Å². The van der Waals surface area contributed by atoms with E-state index in [0.29, 0.717) is 21.9 Å². The summed E-state index contributed by atoms with van der Waals surface area (Å²) in [7, 11) is 0. The zero-order chi connectivity index (χ0) is 17.3. The Bertz CT molecular complexity index is 853. The van der Waals surface area contributed by atoms with Crippen molar-refractivity contribution in [2.45, 2.75) is 25.4 Å². The van der Waals surface area contributed by atoms with E-state index in [2.05, 4.69) is 11.4 Å². The normalized spacial score (nSPS) is 18.0. The minimum absolute atomic E-state index is 0.126. The Morgan fingerprint density at radius 3 is 2.62 bits per heavy atom. The molecule has 1 atom stereocenters. The molecule has 0 fully saturated rings. The lowest BCUT2D eigenvalue weighted by molar-refractivity contribution is -0.133. The number of hydrogen-bond acceptors (Lipinski definition) is 4. The number of ether oxygens (including phenoxy) is 1. The molecule has 2 aromatic carbocycles. The number of nitriles is 1. The van der Waals surface area contributed by atoms with Gasteiger partial charge in [0.2, 0.25) is 0 Å². The molecule has 4 nitrogen and oxygen atoms in total. The second-order valence-corrected chi connectivity index (χ2v) is 6.57. The van der Waals surface area contributed by atoms with Gasteiger partial charge < -0.3 is 10.1 Å². The van der Waals surface area contributed by atoms with Crippen molar-refractivity contribution in [1.29, 1.82) is 5.26 Å². The average Bonchev–Trinajstić information content (AvgIpc) is 2.56. The molecule has 0 bridgehead atoms. The molecule has 120 valence electrons. The first-order valence-electron chi connectivity index (χ1n) is 7.55. The van der Waals surface area contributed by atoms with Gasteiger partial charge in [0.25, 0.3) is 0 Å². The minimum atomic E-state index is -0.978. The summed E-state index contributed by atoms with van der Waals surface area (Å²) >= 11 is 5.52. The van der Waals surface area contributed by atoms with Crippen LogP contribution in [0.3, 0.4) is 0 Å². The van der Waals surface area contributed by atoms with Crippen molar-refractivity contribution in [1.82, 2.24) is 0 Å². The Kier molecular flexibility index (Phi) is 4.08. The molecule has 24 heavy (non-hydrogen) atoms. The Morgan fingerprint density at radius 2 is 1.96 bits per heavy atom. The maximum absolute atomic E-state index is 12.9. The topological polar surface area (TPSA) is 62.1 Å². The van der Waals surface area contributed by atoms with Gasteiger partial charge in [-0.2, -0.15) is 5.26 Å². The summed E-state index contributed by atoms with van der Waals surface area (Å²) in [6.07, 6.45) is 0. The fraction of sp³-hybridized carbons (Fsp3) is 0.211. The number of Topliss-reactive ketones (excluding diaryl/α,β-unsaturated/α-hetero) is 1. The van der Waals surface area contributed by atoms with Gasteiger partial charge in [0.15, 0.2) is 11.4 Å². The number of thiocarbonyl (C=S) groups is 1. The van der Waals surface area contributed by atoms with Gasteiger partial charge in [0, 0.05) is 11.3 Å². The second kappa shape index (κ2) is 6.06. The van der Waals surface area contributed by atoms with E-state index in [4.69, 9.17) is 22.2 Å². The smallest absolute Gasteiger partial charge is 0.190 e. The Hall–Kier alpha value is -2.71. The highest BCUT2D eigenvalue weighted by Crippen LogP contribution is 2.40. The molecule has 0 aromatic heterocycles. The predicted molar refractivity (Wildman–Crippen MR) is 96.3 cm³/mol. The minimum Gasteiger partial charge on any atom is -0.480 e. The standard InChI is InChI=1S/C19H16N2O2S/c1-19(2)17(22)16(18(24)21-13-6-4-3-5-7-13)14-10-12(11-20)8-9-15(14)23-19/h3-10,16H,1-2H3,(H,21,24). The monoisotopic (exact) mass is 336 g/mol. The number of ketones is 1. The van der Waals surface area contributed by atoms with Crippen molar-refractivity contribution >= 4 is 28.7 Å². The van der Waals surface area contributed by atoms with Crippen LogP contribution < -0.4 is 10.1 Å². The van der Waals surface area contributed by atoms with Crippen LogP contribution in [0.25, 0.3) is 0 Å². The van der Waals surface area contributed by atoms with E-state index in [1.807, 2.05) is 30.3 Å². The van der Waals surface area contributed by atoms with E-state index in [0.717, 1.165) is 5.69 Å². The number of nitrogens with zero attached hydrogens (tertiary/aromatic N) is 1. The average molecular weight is 336 g/mol. The summed E-state index contributed by atoms with van der Waals surface area (Å²) in [5.74, 6) is -0.188. The first-order chi connectivity index (χ1) is 11.4. The molecule has 0 radical (unpaired) electrons. The van der Waals surface area contributed by atoms with Gasteiger partial charge >= 0.3 is 0 Å². The van der Waals surface area contributed by atoms with Crippen LogP contribution in [-0.4, -0.2) is 16.4 Å². The third-order valence-electron chi connectivity index (χ3n) is 3.97. The quantitative estimate of drug-likeness (QED) is 0.845. The molecule has 5 heteroatoms. The molecule has 1 aliphatic heterocycles. The van der Waals surface area contributed by atoms with Gasteiger partial charge in [-0.25, -0.2) is 0 Å². The van der Waals surface area contributed by atoms with E-state index < -0.39 is 11.5 Å².